The van der Waals surface area contributed by atoms with Gasteiger partial charge in [-0.05, 0) is 62.7 Å². The summed E-state index contributed by atoms with van der Waals surface area (Å²) < 4.78 is 69.2. The van der Waals surface area contributed by atoms with Crippen LogP contribution in [0.15, 0.2) is 54.2 Å². The van der Waals surface area contributed by atoms with Gasteiger partial charge in [0.25, 0.3) is 0 Å². The molecule has 0 fully saturated rings. The van der Waals surface area contributed by atoms with Gasteiger partial charge in [-0.25, -0.2) is 13.8 Å². The van der Waals surface area contributed by atoms with Crippen LogP contribution < -0.4 is 11.1 Å². The summed E-state index contributed by atoms with van der Waals surface area (Å²) in [6, 6.07) is 8.46. The van der Waals surface area contributed by atoms with Crippen molar-refractivity contribution in [2.45, 2.75) is 52.0 Å². The molecule has 5 nitrogen and oxygen atoms in total. The van der Waals surface area contributed by atoms with Crippen LogP contribution >= 0.6 is 0 Å². The van der Waals surface area contributed by atoms with Crippen molar-refractivity contribution in [2.24, 2.45) is 5.73 Å². The molecule has 0 atom stereocenters. The Morgan fingerprint density at radius 3 is 2.39 bits per heavy atom. The van der Waals surface area contributed by atoms with Crippen LogP contribution in [0.1, 0.15) is 38.6 Å². The van der Waals surface area contributed by atoms with Gasteiger partial charge >= 0.3 is 6.18 Å². The number of benzene rings is 2. The van der Waals surface area contributed by atoms with Gasteiger partial charge in [0.2, 0.25) is 0 Å². The molecule has 0 saturated carbocycles. The maximum absolute atomic E-state index is 13.9. The van der Waals surface area contributed by atoms with E-state index in [1.165, 1.54) is 18.2 Å². The van der Waals surface area contributed by atoms with E-state index in [4.69, 9.17) is 10.7 Å². The van der Waals surface area contributed by atoms with Crippen molar-refractivity contribution in [1.82, 2.24) is 14.5 Å². The average Bonchev–Trinajstić information content (AvgIpc) is 3.15. The highest BCUT2D eigenvalue weighted by Gasteiger charge is 2.35. The lowest BCUT2D eigenvalue weighted by Crippen LogP contribution is -2.45. The molecule has 0 bridgehead atoms. The summed E-state index contributed by atoms with van der Waals surface area (Å²) in [5, 5.41) is 3.02. The number of hydrogen-bond donors (Lipinski definition) is 2. The Labute approximate surface area is 206 Å². The standard InChI is InChI=1S/C26H28F5N5/c1-4-5-21(25(2,3)32)35-12-13-36-22(15-35)34-23(16-6-8-17(27)9-7-16)24(36)33-18-10-11-20(28)19(14-18)26(29,30)31/h5-11,14,33H,4,12-13,15,32H2,1-3H3/b21-5+. The van der Waals surface area contributed by atoms with Gasteiger partial charge < -0.3 is 20.5 Å². The van der Waals surface area contributed by atoms with Gasteiger partial charge in [-0.15, -0.1) is 0 Å². The topological polar surface area (TPSA) is 59.1 Å². The van der Waals surface area contributed by atoms with Gasteiger partial charge in [0.15, 0.2) is 0 Å². The van der Waals surface area contributed by atoms with E-state index in [1.807, 2.05) is 25.3 Å². The first-order valence-corrected chi connectivity index (χ1v) is 11.6. The third-order valence-corrected chi connectivity index (χ3v) is 6.02. The second-order valence-electron chi connectivity index (χ2n) is 9.34. The van der Waals surface area contributed by atoms with Crippen LogP contribution in [0, 0.1) is 11.6 Å². The Bertz CT molecular complexity index is 1270. The van der Waals surface area contributed by atoms with E-state index >= 15 is 0 Å². The molecule has 0 unspecified atom stereocenters. The van der Waals surface area contributed by atoms with E-state index in [1.54, 1.807) is 12.1 Å². The number of alkyl halides is 3. The summed E-state index contributed by atoms with van der Waals surface area (Å²) >= 11 is 0. The maximum Gasteiger partial charge on any atom is 0.419 e. The van der Waals surface area contributed by atoms with Gasteiger partial charge in [-0.1, -0.05) is 13.0 Å². The van der Waals surface area contributed by atoms with E-state index in [9.17, 15) is 22.0 Å². The van der Waals surface area contributed by atoms with Crippen LogP contribution in [0.3, 0.4) is 0 Å². The highest BCUT2D eigenvalue weighted by molar-refractivity contribution is 5.76. The summed E-state index contributed by atoms with van der Waals surface area (Å²) in [7, 11) is 0. The molecular formula is C26H28F5N5. The van der Waals surface area contributed by atoms with E-state index in [2.05, 4.69) is 16.3 Å². The molecule has 0 spiro atoms. The van der Waals surface area contributed by atoms with Crippen molar-refractivity contribution in [2.75, 3.05) is 11.9 Å². The lowest BCUT2D eigenvalue weighted by atomic mass is 9.99. The molecule has 0 amide bonds. The molecule has 2 heterocycles. The molecule has 1 aliphatic rings. The molecule has 3 aromatic rings. The molecule has 0 radical (unpaired) electrons. The minimum Gasteiger partial charge on any atom is -0.364 e. The largest absolute Gasteiger partial charge is 0.419 e. The van der Waals surface area contributed by atoms with Crippen LogP contribution in [0.5, 0.6) is 0 Å². The van der Waals surface area contributed by atoms with Gasteiger partial charge in [0.05, 0.1) is 12.1 Å². The minimum absolute atomic E-state index is 0.0619. The van der Waals surface area contributed by atoms with Crippen molar-refractivity contribution in [1.29, 1.82) is 0 Å². The molecule has 3 N–H and O–H groups in total. The third-order valence-electron chi connectivity index (χ3n) is 6.02. The first-order valence-electron chi connectivity index (χ1n) is 11.6. The molecule has 4 rings (SSSR count). The average molecular weight is 506 g/mol. The number of hydrogen-bond acceptors (Lipinski definition) is 4. The zero-order valence-corrected chi connectivity index (χ0v) is 20.3. The van der Waals surface area contributed by atoms with Crippen molar-refractivity contribution in [3.8, 4) is 11.3 Å². The van der Waals surface area contributed by atoms with Gasteiger partial charge in [-0.2, -0.15) is 13.2 Å². The number of aromatic nitrogens is 2. The smallest absolute Gasteiger partial charge is 0.364 e. The Balaban J connectivity index is 1.78. The Kier molecular flexibility index (Phi) is 6.83. The van der Waals surface area contributed by atoms with Crippen LogP contribution in [-0.2, 0) is 19.3 Å². The number of allylic oxidation sites excluding steroid dienone is 1. The predicted molar refractivity (Wildman–Crippen MR) is 129 cm³/mol. The third kappa shape index (κ3) is 5.23. The fourth-order valence-corrected chi connectivity index (χ4v) is 4.42. The highest BCUT2D eigenvalue weighted by atomic mass is 19.4. The van der Waals surface area contributed by atoms with Crippen LogP contribution in [0.25, 0.3) is 11.3 Å². The Hall–Kier alpha value is -3.40. The Morgan fingerprint density at radius 1 is 1.08 bits per heavy atom. The minimum atomic E-state index is -4.84. The molecular weight excluding hydrogens is 477 g/mol. The van der Waals surface area contributed by atoms with Gasteiger partial charge in [0.1, 0.15) is 29.0 Å². The molecule has 1 aliphatic heterocycles. The fraction of sp³-hybridized carbons (Fsp3) is 0.346. The van der Waals surface area contributed by atoms with Gasteiger partial charge in [-0.3, -0.25) is 0 Å². The SMILES string of the molecule is CC/C=C(/N1CCn2c(nc(-c3ccc(F)cc3)c2Nc2ccc(F)c(C(F)(F)F)c2)C1)C(C)(C)N. The number of halogens is 5. The lowest BCUT2D eigenvalue weighted by molar-refractivity contribution is -0.139. The molecule has 0 saturated heterocycles. The van der Waals surface area contributed by atoms with E-state index in [0.29, 0.717) is 42.5 Å². The maximum atomic E-state index is 13.9. The first kappa shape index (κ1) is 25.7. The molecule has 192 valence electrons. The summed E-state index contributed by atoms with van der Waals surface area (Å²) in [5.41, 5.74) is 6.56. The summed E-state index contributed by atoms with van der Waals surface area (Å²) in [6.07, 6.45) is -1.95. The fourth-order valence-electron chi connectivity index (χ4n) is 4.42. The highest BCUT2D eigenvalue weighted by Crippen LogP contribution is 2.37. The summed E-state index contributed by atoms with van der Waals surface area (Å²) in [6.45, 7) is 7.40. The number of anilines is 2. The van der Waals surface area contributed by atoms with Gasteiger partial charge in [0, 0.05) is 35.6 Å². The normalized spacial score (nSPS) is 14.7. The molecule has 2 aromatic carbocycles. The second kappa shape index (κ2) is 9.57. The van der Waals surface area contributed by atoms with Crippen LogP contribution in [0.4, 0.5) is 33.5 Å². The molecule has 36 heavy (non-hydrogen) atoms. The first-order chi connectivity index (χ1) is 16.9. The van der Waals surface area contributed by atoms with Crippen molar-refractivity contribution >= 4 is 11.5 Å². The number of rotatable bonds is 6. The van der Waals surface area contributed by atoms with Crippen LogP contribution in [-0.4, -0.2) is 26.5 Å². The van der Waals surface area contributed by atoms with E-state index in [-0.39, 0.29) is 5.69 Å². The molecule has 1 aromatic heterocycles. The van der Waals surface area contributed by atoms with Crippen molar-refractivity contribution in [3.05, 3.63) is 77.3 Å². The summed E-state index contributed by atoms with van der Waals surface area (Å²) in [5.74, 6) is -0.648. The number of nitrogens with zero attached hydrogens (tertiary/aromatic N) is 3. The quantitative estimate of drug-likeness (QED) is 0.379. The monoisotopic (exact) mass is 505 g/mol. The van der Waals surface area contributed by atoms with E-state index < -0.39 is 28.9 Å². The van der Waals surface area contributed by atoms with Crippen molar-refractivity contribution < 1.29 is 22.0 Å². The number of fused-ring (bicyclic) bond motifs is 1. The lowest BCUT2D eigenvalue weighted by Gasteiger charge is -2.38. The van der Waals surface area contributed by atoms with Crippen molar-refractivity contribution in [3.63, 3.8) is 0 Å². The van der Waals surface area contributed by atoms with E-state index in [0.717, 1.165) is 24.3 Å². The zero-order chi connectivity index (χ0) is 26.3. The number of imidazole rings is 1. The zero-order valence-electron chi connectivity index (χ0n) is 20.3. The number of nitrogens with one attached hydrogen (secondary N) is 1. The Morgan fingerprint density at radius 2 is 1.78 bits per heavy atom. The molecule has 0 aliphatic carbocycles. The van der Waals surface area contributed by atoms with Crippen LogP contribution in [0.2, 0.25) is 0 Å². The molecule has 10 heteroatoms. The summed E-state index contributed by atoms with van der Waals surface area (Å²) in [4.78, 5) is 6.92. The predicted octanol–water partition coefficient (Wildman–Crippen LogP) is 6.44. The second-order valence-corrected chi connectivity index (χ2v) is 9.34. The number of nitrogens with two attached hydrogens (primary N) is 1.